The van der Waals surface area contributed by atoms with Crippen LogP contribution in [0.5, 0.6) is 5.75 Å². The zero-order valence-corrected chi connectivity index (χ0v) is 21.1. The number of thiophene rings is 1. The molecule has 0 spiro atoms. The number of hydrogen-bond donors (Lipinski definition) is 0. The van der Waals surface area contributed by atoms with Crippen LogP contribution in [-0.2, 0) is 12.8 Å². The number of para-hydroxylation sites is 1. The van der Waals surface area contributed by atoms with Crippen LogP contribution in [0.25, 0.3) is 32.6 Å². The van der Waals surface area contributed by atoms with E-state index in [1.54, 1.807) is 0 Å². The Labute approximate surface area is 216 Å². The maximum Gasteiger partial charge on any atom is 0.152 e. The number of hydrogen-bond acceptors (Lipinski definition) is 3. The van der Waals surface area contributed by atoms with E-state index in [0.717, 1.165) is 29.0 Å². The fourth-order valence-electron chi connectivity index (χ4n) is 5.60. The van der Waals surface area contributed by atoms with Gasteiger partial charge in [-0.05, 0) is 61.4 Å². The molecule has 5 aromatic rings. The van der Waals surface area contributed by atoms with E-state index in [1.165, 1.54) is 62.2 Å². The third-order valence-corrected chi connectivity index (χ3v) is 8.42. The van der Waals surface area contributed by atoms with Crippen molar-refractivity contribution in [2.75, 3.05) is 0 Å². The Morgan fingerprint density at radius 2 is 1.60 bits per heavy atom. The second-order valence-corrected chi connectivity index (χ2v) is 10.5. The lowest BCUT2D eigenvalue weighted by molar-refractivity contribution is -0.00000711. The quantitative estimate of drug-likeness (QED) is 0.332. The number of nitrogens with zero attached hydrogens (tertiary/aromatic N) is 1. The van der Waals surface area contributed by atoms with Gasteiger partial charge >= 0.3 is 0 Å². The van der Waals surface area contributed by atoms with Gasteiger partial charge in [0.1, 0.15) is 10.6 Å². The topological polar surface area (TPSA) is 22.1 Å². The van der Waals surface area contributed by atoms with Crippen molar-refractivity contribution in [3.63, 3.8) is 0 Å². The maximum atomic E-state index is 6.76. The van der Waals surface area contributed by atoms with Gasteiger partial charge in [0.05, 0.1) is 5.69 Å². The standard InChI is InChI=1S/C31H25NOS.ClH/c1-19-15-17-20(18-16-19)26-27-23-12-6-8-14-25(23)34-31(27)32-29-22-11-5-7-13-24(22)33-30(28(26)29)21-9-3-2-4-10-21;/h2-5,7,9-11,13,15-18,30H,6,8,12,14H2,1H3;1H/p-1. The third-order valence-electron chi connectivity index (χ3n) is 7.23. The van der Waals surface area contributed by atoms with E-state index in [2.05, 4.69) is 85.8 Å². The first kappa shape index (κ1) is 22.3. The van der Waals surface area contributed by atoms with Gasteiger partial charge in [0, 0.05) is 27.0 Å². The molecule has 4 heteroatoms. The molecular formula is C31H25ClNOS-. The predicted molar refractivity (Wildman–Crippen MR) is 141 cm³/mol. The highest BCUT2D eigenvalue weighted by Crippen LogP contribution is 2.52. The van der Waals surface area contributed by atoms with Gasteiger partial charge in [0.2, 0.25) is 0 Å². The maximum absolute atomic E-state index is 6.76. The molecule has 3 aromatic carbocycles. The molecule has 2 aromatic heterocycles. The molecule has 0 bridgehead atoms. The van der Waals surface area contributed by atoms with Gasteiger partial charge < -0.3 is 17.1 Å². The number of ether oxygens (including phenoxy) is 1. The number of halogens is 1. The number of benzene rings is 3. The summed E-state index contributed by atoms with van der Waals surface area (Å²) in [6.45, 7) is 2.15. The van der Waals surface area contributed by atoms with E-state index < -0.39 is 0 Å². The first-order valence-corrected chi connectivity index (χ1v) is 13.0. The van der Waals surface area contributed by atoms with Crippen LogP contribution in [0.4, 0.5) is 0 Å². The number of fused-ring (bicyclic) bond motifs is 6. The average Bonchev–Trinajstić information content (AvgIpc) is 3.26. The van der Waals surface area contributed by atoms with E-state index in [0.29, 0.717) is 0 Å². The van der Waals surface area contributed by atoms with Crippen molar-refractivity contribution in [2.45, 2.75) is 38.7 Å². The molecule has 1 aliphatic heterocycles. The van der Waals surface area contributed by atoms with E-state index in [-0.39, 0.29) is 18.5 Å². The van der Waals surface area contributed by atoms with E-state index in [4.69, 9.17) is 9.72 Å². The molecule has 3 heterocycles. The molecule has 0 fully saturated rings. The molecule has 0 saturated heterocycles. The second-order valence-electron chi connectivity index (χ2n) is 9.41. The van der Waals surface area contributed by atoms with Gasteiger partial charge in [-0.15, -0.1) is 11.3 Å². The molecule has 1 aliphatic carbocycles. The zero-order valence-electron chi connectivity index (χ0n) is 19.6. The average molecular weight is 495 g/mol. The van der Waals surface area contributed by atoms with Crippen LogP contribution in [-0.4, -0.2) is 4.98 Å². The molecule has 1 unspecified atom stereocenters. The van der Waals surface area contributed by atoms with Gasteiger partial charge in [0.25, 0.3) is 0 Å². The largest absolute Gasteiger partial charge is 1.00 e. The molecule has 2 aliphatic rings. The zero-order chi connectivity index (χ0) is 22.6. The van der Waals surface area contributed by atoms with Gasteiger partial charge in [-0.1, -0.05) is 72.3 Å². The lowest BCUT2D eigenvalue weighted by Crippen LogP contribution is -3.00. The molecule has 0 N–H and O–H groups in total. The van der Waals surface area contributed by atoms with Crippen LogP contribution in [0, 0.1) is 6.92 Å². The Balaban J connectivity index is 0.00000229. The lowest BCUT2D eigenvalue weighted by atomic mass is 9.84. The van der Waals surface area contributed by atoms with E-state index in [9.17, 15) is 0 Å². The van der Waals surface area contributed by atoms with Crippen LogP contribution in [0.2, 0.25) is 0 Å². The smallest absolute Gasteiger partial charge is 0.152 e. The Morgan fingerprint density at radius 3 is 2.43 bits per heavy atom. The fraction of sp³-hybridized carbons (Fsp3) is 0.194. The highest BCUT2D eigenvalue weighted by Gasteiger charge is 2.34. The number of aromatic nitrogens is 1. The monoisotopic (exact) mass is 494 g/mol. The van der Waals surface area contributed by atoms with Crippen LogP contribution < -0.4 is 17.1 Å². The molecule has 7 rings (SSSR count). The number of rotatable bonds is 2. The SMILES string of the molecule is Cc1ccc(-c2c3c(nc4sc5c(c24)CCCC5)-c2ccccc2OC3c2ccccc2)cc1.[Cl-]. The predicted octanol–water partition coefficient (Wildman–Crippen LogP) is 5.30. The summed E-state index contributed by atoms with van der Waals surface area (Å²) in [5.41, 5.74) is 9.87. The number of pyridine rings is 1. The van der Waals surface area contributed by atoms with Crippen molar-refractivity contribution in [2.24, 2.45) is 0 Å². The normalized spacial score (nSPS) is 16.0. The summed E-state index contributed by atoms with van der Waals surface area (Å²) in [6, 6.07) is 28.0. The highest BCUT2D eigenvalue weighted by atomic mass is 35.5. The molecule has 0 radical (unpaired) electrons. The molecule has 2 nitrogen and oxygen atoms in total. The summed E-state index contributed by atoms with van der Waals surface area (Å²) in [4.78, 5) is 8.07. The summed E-state index contributed by atoms with van der Waals surface area (Å²) in [7, 11) is 0. The second kappa shape index (κ2) is 8.82. The van der Waals surface area contributed by atoms with Gasteiger partial charge in [-0.25, -0.2) is 4.98 Å². The Bertz CT molecular complexity index is 1540. The van der Waals surface area contributed by atoms with Crippen molar-refractivity contribution in [1.29, 1.82) is 0 Å². The van der Waals surface area contributed by atoms with Crippen molar-refractivity contribution < 1.29 is 17.1 Å². The summed E-state index contributed by atoms with van der Waals surface area (Å²) < 4.78 is 6.76. The van der Waals surface area contributed by atoms with Gasteiger partial charge in [-0.2, -0.15) is 0 Å². The lowest BCUT2D eigenvalue weighted by Gasteiger charge is -2.31. The minimum absolute atomic E-state index is 0. The van der Waals surface area contributed by atoms with Gasteiger partial charge in [0.15, 0.2) is 6.10 Å². The van der Waals surface area contributed by atoms with Crippen LogP contribution in [0.3, 0.4) is 0 Å². The Hall–Kier alpha value is -3.14. The Morgan fingerprint density at radius 1 is 0.857 bits per heavy atom. The Kier molecular flexibility index (Phi) is 5.63. The minimum Gasteiger partial charge on any atom is -1.00 e. The molecule has 0 saturated carbocycles. The summed E-state index contributed by atoms with van der Waals surface area (Å²) in [5.74, 6) is 0.909. The van der Waals surface area contributed by atoms with Crippen LogP contribution in [0.15, 0.2) is 78.9 Å². The fourth-order valence-corrected chi connectivity index (χ4v) is 6.87. The summed E-state index contributed by atoms with van der Waals surface area (Å²) in [6.07, 6.45) is 4.65. The third kappa shape index (κ3) is 3.57. The molecule has 174 valence electrons. The number of aryl methyl sites for hydroxylation is 3. The van der Waals surface area contributed by atoms with Crippen LogP contribution in [0.1, 0.15) is 46.1 Å². The molecular weight excluding hydrogens is 470 g/mol. The first-order valence-electron chi connectivity index (χ1n) is 12.1. The van der Waals surface area contributed by atoms with E-state index >= 15 is 0 Å². The van der Waals surface area contributed by atoms with Crippen molar-refractivity contribution >= 4 is 21.6 Å². The van der Waals surface area contributed by atoms with Gasteiger partial charge in [-0.3, -0.25) is 0 Å². The summed E-state index contributed by atoms with van der Waals surface area (Å²) >= 11 is 1.90. The van der Waals surface area contributed by atoms with Crippen LogP contribution >= 0.6 is 11.3 Å². The van der Waals surface area contributed by atoms with Crippen molar-refractivity contribution in [1.82, 2.24) is 4.98 Å². The molecule has 1 atom stereocenters. The highest BCUT2D eigenvalue weighted by molar-refractivity contribution is 7.19. The molecule has 35 heavy (non-hydrogen) atoms. The van der Waals surface area contributed by atoms with E-state index in [1.807, 2.05) is 11.3 Å². The van der Waals surface area contributed by atoms with Crippen molar-refractivity contribution in [3.05, 3.63) is 106 Å². The summed E-state index contributed by atoms with van der Waals surface area (Å²) in [5, 5.41) is 1.35. The first-order chi connectivity index (χ1) is 16.8. The molecule has 0 amide bonds. The van der Waals surface area contributed by atoms with Crippen molar-refractivity contribution in [3.8, 4) is 28.1 Å². The minimum atomic E-state index is -0.196.